The number of aromatic nitrogens is 1. The van der Waals surface area contributed by atoms with Crippen molar-refractivity contribution in [3.8, 4) is 0 Å². The largest absolute Gasteiger partial charge is 0.357 e. The number of pyridine rings is 1. The highest BCUT2D eigenvalue weighted by atomic mass is 35.5. The molecular weight excluding hydrogens is 270 g/mol. The summed E-state index contributed by atoms with van der Waals surface area (Å²) in [6, 6.07) is 4.47. The van der Waals surface area contributed by atoms with E-state index >= 15 is 0 Å². The summed E-state index contributed by atoms with van der Waals surface area (Å²) in [7, 11) is 0. The van der Waals surface area contributed by atoms with E-state index in [9.17, 15) is 0 Å². The van der Waals surface area contributed by atoms with Gasteiger partial charge in [-0.25, -0.2) is 4.98 Å². The van der Waals surface area contributed by atoms with Crippen LogP contribution in [0.1, 0.15) is 45.7 Å². The highest BCUT2D eigenvalue weighted by Crippen LogP contribution is 2.23. The van der Waals surface area contributed by atoms with E-state index in [2.05, 4.69) is 37.1 Å². The summed E-state index contributed by atoms with van der Waals surface area (Å²) in [5, 5.41) is 4.14. The first kappa shape index (κ1) is 15.6. The number of nitrogens with zero attached hydrogens (tertiary/aromatic N) is 2. The molecule has 4 heteroatoms. The molecule has 1 aromatic rings. The van der Waals surface area contributed by atoms with E-state index in [4.69, 9.17) is 16.6 Å². The van der Waals surface area contributed by atoms with Gasteiger partial charge in [0, 0.05) is 25.7 Å². The Bertz CT molecular complexity index is 434. The highest BCUT2D eigenvalue weighted by molar-refractivity contribution is 6.31. The van der Waals surface area contributed by atoms with Gasteiger partial charge in [-0.2, -0.15) is 0 Å². The molecule has 1 unspecified atom stereocenters. The van der Waals surface area contributed by atoms with Crippen LogP contribution in [-0.2, 0) is 6.54 Å². The van der Waals surface area contributed by atoms with E-state index in [-0.39, 0.29) is 0 Å². The Morgan fingerprint density at radius 1 is 1.35 bits per heavy atom. The van der Waals surface area contributed by atoms with Crippen LogP contribution in [0.15, 0.2) is 12.1 Å². The summed E-state index contributed by atoms with van der Waals surface area (Å²) in [5.74, 6) is 1.90. The predicted octanol–water partition coefficient (Wildman–Crippen LogP) is 3.86. The molecule has 2 rings (SSSR count). The maximum Gasteiger partial charge on any atom is 0.128 e. The fraction of sp³-hybridized carbons (Fsp3) is 0.688. The monoisotopic (exact) mass is 295 g/mol. The summed E-state index contributed by atoms with van der Waals surface area (Å²) in [6.07, 6.45) is 3.83. The van der Waals surface area contributed by atoms with Crippen LogP contribution < -0.4 is 10.2 Å². The van der Waals surface area contributed by atoms with Crippen molar-refractivity contribution in [3.05, 3.63) is 22.8 Å². The lowest BCUT2D eigenvalue weighted by Crippen LogP contribution is -2.27. The average molecular weight is 296 g/mol. The van der Waals surface area contributed by atoms with Crippen LogP contribution in [-0.4, -0.2) is 24.1 Å². The molecule has 112 valence electrons. The fourth-order valence-corrected chi connectivity index (χ4v) is 2.74. The van der Waals surface area contributed by atoms with Crippen molar-refractivity contribution in [3.63, 3.8) is 0 Å². The molecule has 1 atom stereocenters. The third-order valence-corrected chi connectivity index (χ3v) is 4.27. The number of rotatable bonds is 4. The van der Waals surface area contributed by atoms with Gasteiger partial charge in [0.15, 0.2) is 0 Å². The molecule has 3 nitrogen and oxygen atoms in total. The van der Waals surface area contributed by atoms with Crippen molar-refractivity contribution >= 4 is 17.4 Å². The summed E-state index contributed by atoms with van der Waals surface area (Å²) >= 11 is 6.25. The smallest absolute Gasteiger partial charge is 0.128 e. The summed E-state index contributed by atoms with van der Waals surface area (Å²) < 4.78 is 0. The third kappa shape index (κ3) is 4.35. The van der Waals surface area contributed by atoms with E-state index in [1.165, 1.54) is 19.3 Å². The number of anilines is 1. The van der Waals surface area contributed by atoms with Gasteiger partial charge in [-0.3, -0.25) is 0 Å². The topological polar surface area (TPSA) is 28.2 Å². The van der Waals surface area contributed by atoms with Crippen LogP contribution in [0.5, 0.6) is 0 Å². The van der Waals surface area contributed by atoms with E-state index in [1.54, 1.807) is 0 Å². The van der Waals surface area contributed by atoms with Gasteiger partial charge < -0.3 is 10.2 Å². The van der Waals surface area contributed by atoms with Crippen LogP contribution in [0, 0.1) is 5.92 Å². The summed E-state index contributed by atoms with van der Waals surface area (Å²) in [5.41, 5.74) is 0.954. The molecule has 1 N–H and O–H groups in total. The molecule has 1 aliphatic heterocycles. The highest BCUT2D eigenvalue weighted by Gasteiger charge is 2.16. The second kappa shape index (κ2) is 7.28. The molecule has 0 saturated carbocycles. The van der Waals surface area contributed by atoms with Gasteiger partial charge >= 0.3 is 0 Å². The standard InChI is InChI=1S/C16H26ClN3/c1-12(2)18-11-15-14(17)6-7-16(19-15)20-9-4-5-13(3)8-10-20/h6-7,12-13,18H,4-5,8-11H2,1-3H3. The first-order chi connectivity index (χ1) is 9.56. The molecule has 0 radical (unpaired) electrons. The number of hydrogen-bond acceptors (Lipinski definition) is 3. The summed E-state index contributed by atoms with van der Waals surface area (Å²) in [6.45, 7) is 9.55. The maximum atomic E-state index is 6.25. The molecule has 1 fully saturated rings. The van der Waals surface area contributed by atoms with Crippen LogP contribution in [0.3, 0.4) is 0 Å². The molecular formula is C16H26ClN3. The van der Waals surface area contributed by atoms with E-state index in [0.29, 0.717) is 6.04 Å². The maximum absolute atomic E-state index is 6.25. The minimum Gasteiger partial charge on any atom is -0.357 e. The first-order valence-electron chi connectivity index (χ1n) is 7.70. The molecule has 2 heterocycles. The summed E-state index contributed by atoms with van der Waals surface area (Å²) in [4.78, 5) is 7.17. The van der Waals surface area contributed by atoms with Crippen molar-refractivity contribution in [2.45, 2.75) is 52.6 Å². The molecule has 1 saturated heterocycles. The fourth-order valence-electron chi connectivity index (χ4n) is 2.57. The van der Waals surface area contributed by atoms with E-state index in [1.807, 2.05) is 6.07 Å². The molecule has 1 aromatic heterocycles. The van der Waals surface area contributed by atoms with Crippen LogP contribution in [0.4, 0.5) is 5.82 Å². The lowest BCUT2D eigenvalue weighted by atomic mass is 10.0. The zero-order valence-corrected chi connectivity index (χ0v) is 13.6. The Balaban J connectivity index is 2.09. The SMILES string of the molecule is CC1CCCN(c2ccc(Cl)c(CNC(C)C)n2)CC1. The molecule has 0 amide bonds. The van der Waals surface area contributed by atoms with E-state index < -0.39 is 0 Å². The molecule has 20 heavy (non-hydrogen) atoms. The Labute approximate surface area is 127 Å². The quantitative estimate of drug-likeness (QED) is 0.914. The molecule has 1 aliphatic rings. The van der Waals surface area contributed by atoms with Crippen molar-refractivity contribution < 1.29 is 0 Å². The Hall–Kier alpha value is -0.800. The van der Waals surface area contributed by atoms with Crippen molar-refractivity contribution in [1.29, 1.82) is 0 Å². The Kier molecular flexibility index (Phi) is 5.67. The van der Waals surface area contributed by atoms with Gasteiger partial charge in [-0.05, 0) is 37.3 Å². The second-order valence-corrected chi connectivity index (χ2v) is 6.56. The normalized spacial score (nSPS) is 20.2. The van der Waals surface area contributed by atoms with Crippen molar-refractivity contribution in [1.82, 2.24) is 10.3 Å². The second-order valence-electron chi connectivity index (χ2n) is 6.16. The first-order valence-corrected chi connectivity index (χ1v) is 8.08. The van der Waals surface area contributed by atoms with Gasteiger partial charge in [0.25, 0.3) is 0 Å². The zero-order chi connectivity index (χ0) is 14.5. The lowest BCUT2D eigenvalue weighted by molar-refractivity contribution is 0.521. The molecule has 0 aromatic carbocycles. The lowest BCUT2D eigenvalue weighted by Gasteiger charge is -2.22. The minimum atomic E-state index is 0.440. The van der Waals surface area contributed by atoms with Crippen LogP contribution in [0.2, 0.25) is 5.02 Å². The van der Waals surface area contributed by atoms with Gasteiger partial charge in [-0.1, -0.05) is 32.4 Å². The Morgan fingerprint density at radius 2 is 2.15 bits per heavy atom. The van der Waals surface area contributed by atoms with Gasteiger partial charge in [0.1, 0.15) is 5.82 Å². The Morgan fingerprint density at radius 3 is 2.90 bits per heavy atom. The van der Waals surface area contributed by atoms with Crippen LogP contribution >= 0.6 is 11.6 Å². The van der Waals surface area contributed by atoms with E-state index in [0.717, 1.165) is 42.1 Å². The van der Waals surface area contributed by atoms with Crippen molar-refractivity contribution in [2.24, 2.45) is 5.92 Å². The zero-order valence-electron chi connectivity index (χ0n) is 12.8. The average Bonchev–Trinajstić information content (AvgIpc) is 2.62. The predicted molar refractivity (Wildman–Crippen MR) is 86.5 cm³/mol. The van der Waals surface area contributed by atoms with Crippen LogP contribution in [0.25, 0.3) is 0 Å². The molecule has 0 aliphatic carbocycles. The number of halogens is 1. The minimum absolute atomic E-state index is 0.440. The number of hydrogen-bond donors (Lipinski definition) is 1. The van der Waals surface area contributed by atoms with Gasteiger partial charge in [0.2, 0.25) is 0 Å². The third-order valence-electron chi connectivity index (χ3n) is 3.92. The van der Waals surface area contributed by atoms with Crippen molar-refractivity contribution in [2.75, 3.05) is 18.0 Å². The number of nitrogens with one attached hydrogen (secondary N) is 1. The van der Waals surface area contributed by atoms with Gasteiger partial charge in [-0.15, -0.1) is 0 Å². The van der Waals surface area contributed by atoms with Gasteiger partial charge in [0.05, 0.1) is 10.7 Å². The molecule has 0 bridgehead atoms. The molecule has 0 spiro atoms.